The quantitative estimate of drug-likeness (QED) is 0.811. The van der Waals surface area contributed by atoms with Crippen molar-refractivity contribution in [3.05, 3.63) is 0 Å². The van der Waals surface area contributed by atoms with Gasteiger partial charge in [0.1, 0.15) is 6.79 Å². The predicted molar refractivity (Wildman–Crippen MR) is 85.5 cm³/mol. The summed E-state index contributed by atoms with van der Waals surface area (Å²) in [5.41, 5.74) is 0. The van der Waals surface area contributed by atoms with Crippen molar-refractivity contribution in [2.45, 2.75) is 72.3 Å². The number of aliphatic hydroxyl groups is 1. The van der Waals surface area contributed by atoms with Gasteiger partial charge in [-0.25, -0.2) is 0 Å². The topological polar surface area (TPSA) is 49.8 Å². The number of hydrogen-bond donors (Lipinski definition) is 1. The molecule has 0 aromatic carbocycles. The van der Waals surface area contributed by atoms with E-state index in [2.05, 4.69) is 10.8 Å². The number of ether oxygens (including phenoxy) is 1. The first kappa shape index (κ1) is 24.1. The molecule has 0 saturated carbocycles. The SMILES string of the molecule is C#CCCN(C)C1CC(C)OC(O)C1.C=O.CC.CC. The van der Waals surface area contributed by atoms with Crippen LogP contribution in [0.2, 0.25) is 0 Å². The zero-order valence-electron chi connectivity index (χ0n) is 14.1. The van der Waals surface area contributed by atoms with Crippen LogP contribution in [0.5, 0.6) is 0 Å². The molecule has 4 nitrogen and oxygen atoms in total. The highest BCUT2D eigenvalue weighted by Crippen LogP contribution is 2.21. The molecule has 1 N–H and O–H groups in total. The fraction of sp³-hybridized carbons (Fsp3) is 0.812. The molecule has 1 aliphatic heterocycles. The van der Waals surface area contributed by atoms with Crippen LogP contribution >= 0.6 is 0 Å². The van der Waals surface area contributed by atoms with E-state index in [0.717, 1.165) is 19.4 Å². The molecule has 3 unspecified atom stereocenters. The first-order valence-electron chi connectivity index (χ1n) is 7.39. The molecule has 1 fully saturated rings. The molecule has 3 atom stereocenters. The van der Waals surface area contributed by atoms with Gasteiger partial charge in [0.15, 0.2) is 6.29 Å². The van der Waals surface area contributed by atoms with Gasteiger partial charge in [0.05, 0.1) is 6.10 Å². The zero-order chi connectivity index (χ0) is 16.6. The van der Waals surface area contributed by atoms with E-state index in [0.29, 0.717) is 12.5 Å². The largest absolute Gasteiger partial charge is 0.368 e. The van der Waals surface area contributed by atoms with Crippen molar-refractivity contribution in [1.29, 1.82) is 0 Å². The lowest BCUT2D eigenvalue weighted by Crippen LogP contribution is -2.43. The van der Waals surface area contributed by atoms with Crippen molar-refractivity contribution in [2.75, 3.05) is 13.6 Å². The number of terminal acetylenes is 1. The summed E-state index contributed by atoms with van der Waals surface area (Å²) in [4.78, 5) is 10.2. The minimum Gasteiger partial charge on any atom is -0.368 e. The third-order valence-electron chi connectivity index (χ3n) is 2.70. The Balaban J connectivity index is -0.000000425. The van der Waals surface area contributed by atoms with Crippen LogP contribution in [-0.2, 0) is 9.53 Å². The van der Waals surface area contributed by atoms with Crippen molar-refractivity contribution in [1.82, 2.24) is 4.90 Å². The molecule has 0 aliphatic carbocycles. The number of aliphatic hydroxyl groups excluding tert-OH is 1. The van der Waals surface area contributed by atoms with Gasteiger partial charge in [0.2, 0.25) is 0 Å². The van der Waals surface area contributed by atoms with E-state index >= 15 is 0 Å². The van der Waals surface area contributed by atoms with Gasteiger partial charge in [-0.05, 0) is 20.4 Å². The van der Waals surface area contributed by atoms with Crippen LogP contribution in [0.15, 0.2) is 0 Å². The Bertz CT molecular complexity index is 218. The van der Waals surface area contributed by atoms with Crippen molar-refractivity contribution in [3.63, 3.8) is 0 Å². The highest BCUT2D eigenvalue weighted by molar-refractivity contribution is 5.11. The Morgan fingerprint density at radius 1 is 1.30 bits per heavy atom. The summed E-state index contributed by atoms with van der Waals surface area (Å²) in [6, 6.07) is 0.391. The highest BCUT2D eigenvalue weighted by atomic mass is 16.6. The van der Waals surface area contributed by atoms with E-state index in [1.807, 2.05) is 48.5 Å². The monoisotopic (exact) mass is 287 g/mol. The Kier molecular flexibility index (Phi) is 21.9. The average molecular weight is 287 g/mol. The van der Waals surface area contributed by atoms with Gasteiger partial charge >= 0.3 is 0 Å². The van der Waals surface area contributed by atoms with E-state index in [9.17, 15) is 5.11 Å². The zero-order valence-corrected chi connectivity index (χ0v) is 14.1. The maximum Gasteiger partial charge on any atom is 0.156 e. The van der Waals surface area contributed by atoms with Crippen LogP contribution in [-0.4, -0.2) is 48.8 Å². The molecule has 0 radical (unpaired) electrons. The maximum atomic E-state index is 9.44. The van der Waals surface area contributed by atoms with Crippen LogP contribution in [0, 0.1) is 12.3 Å². The van der Waals surface area contributed by atoms with Crippen LogP contribution in [0.25, 0.3) is 0 Å². The lowest BCUT2D eigenvalue weighted by Gasteiger charge is -2.36. The number of rotatable bonds is 3. The summed E-state index contributed by atoms with van der Waals surface area (Å²) in [6.45, 7) is 12.9. The Morgan fingerprint density at radius 2 is 1.80 bits per heavy atom. The van der Waals surface area contributed by atoms with Crippen molar-refractivity contribution < 1.29 is 14.6 Å². The Labute approximate surface area is 125 Å². The van der Waals surface area contributed by atoms with Gasteiger partial charge in [-0.15, -0.1) is 12.3 Å². The highest BCUT2D eigenvalue weighted by Gasteiger charge is 2.27. The second-order valence-electron chi connectivity index (χ2n) is 3.96. The van der Waals surface area contributed by atoms with Gasteiger partial charge in [-0.3, -0.25) is 0 Å². The standard InChI is InChI=1S/C11H19NO2.2C2H6.CH2O/c1-4-5-6-12(3)10-7-9(2)14-11(13)8-10;3*1-2/h1,9-11,13H,5-8H2,2-3H3;2*1-2H3;1H2. The lowest BCUT2D eigenvalue weighted by atomic mass is 10.0. The van der Waals surface area contributed by atoms with Gasteiger partial charge in [0, 0.05) is 25.4 Å². The van der Waals surface area contributed by atoms with Crippen LogP contribution in [0.3, 0.4) is 0 Å². The van der Waals surface area contributed by atoms with Gasteiger partial charge < -0.3 is 19.5 Å². The molecule has 0 aromatic rings. The molecule has 120 valence electrons. The first-order valence-corrected chi connectivity index (χ1v) is 7.39. The maximum absolute atomic E-state index is 9.44. The molecular weight excluding hydrogens is 254 g/mol. The van der Waals surface area contributed by atoms with E-state index in [1.54, 1.807) is 0 Å². The van der Waals surface area contributed by atoms with Gasteiger partial charge in [0.25, 0.3) is 0 Å². The number of hydrogen-bond acceptors (Lipinski definition) is 4. The lowest BCUT2D eigenvalue weighted by molar-refractivity contribution is -0.173. The Morgan fingerprint density at radius 3 is 2.20 bits per heavy atom. The Hall–Kier alpha value is -0.890. The van der Waals surface area contributed by atoms with E-state index in [4.69, 9.17) is 16.0 Å². The smallest absolute Gasteiger partial charge is 0.156 e. The fourth-order valence-corrected chi connectivity index (χ4v) is 1.87. The molecule has 1 heterocycles. The predicted octanol–water partition coefficient (Wildman–Crippen LogP) is 2.69. The number of carbonyl (C=O) groups excluding carboxylic acids is 1. The number of nitrogens with zero attached hydrogens (tertiary/aromatic N) is 1. The van der Waals surface area contributed by atoms with Gasteiger partial charge in [-0.2, -0.15) is 0 Å². The second kappa shape index (κ2) is 18.1. The summed E-state index contributed by atoms with van der Waals surface area (Å²) in [6.07, 6.45) is 7.15. The molecule has 0 spiro atoms. The van der Waals surface area contributed by atoms with E-state index < -0.39 is 6.29 Å². The summed E-state index contributed by atoms with van der Waals surface area (Å²) in [5.74, 6) is 2.62. The molecule has 20 heavy (non-hydrogen) atoms. The summed E-state index contributed by atoms with van der Waals surface area (Å²) < 4.78 is 5.26. The normalized spacial score (nSPS) is 23.9. The summed E-state index contributed by atoms with van der Waals surface area (Å²) in [5, 5.41) is 9.44. The fourth-order valence-electron chi connectivity index (χ4n) is 1.87. The van der Waals surface area contributed by atoms with Crippen LogP contribution < -0.4 is 0 Å². The second-order valence-corrected chi connectivity index (χ2v) is 3.96. The number of carbonyl (C=O) groups is 1. The van der Waals surface area contributed by atoms with E-state index in [-0.39, 0.29) is 6.10 Å². The van der Waals surface area contributed by atoms with Gasteiger partial charge in [-0.1, -0.05) is 27.7 Å². The molecular formula is C16H33NO3. The third-order valence-corrected chi connectivity index (χ3v) is 2.70. The third kappa shape index (κ3) is 12.2. The average Bonchev–Trinajstić information content (AvgIpc) is 2.50. The molecule has 0 aromatic heterocycles. The summed E-state index contributed by atoms with van der Waals surface area (Å²) in [7, 11) is 2.05. The van der Waals surface area contributed by atoms with Crippen molar-refractivity contribution in [2.24, 2.45) is 0 Å². The van der Waals surface area contributed by atoms with Crippen LogP contribution in [0.4, 0.5) is 0 Å². The van der Waals surface area contributed by atoms with Crippen LogP contribution in [0.1, 0.15) is 53.9 Å². The first-order chi connectivity index (χ1) is 9.63. The molecule has 1 saturated heterocycles. The molecule has 1 aliphatic rings. The van der Waals surface area contributed by atoms with Crippen molar-refractivity contribution >= 4 is 6.79 Å². The molecule has 1 rings (SSSR count). The summed E-state index contributed by atoms with van der Waals surface area (Å²) >= 11 is 0. The molecule has 0 amide bonds. The minimum absolute atomic E-state index is 0.136. The molecule has 0 bridgehead atoms. The van der Waals surface area contributed by atoms with Crippen molar-refractivity contribution in [3.8, 4) is 12.3 Å². The molecule has 4 heteroatoms. The minimum atomic E-state index is -0.614. The van der Waals surface area contributed by atoms with E-state index in [1.165, 1.54) is 0 Å².